The Labute approximate surface area is 138 Å². The van der Waals surface area contributed by atoms with Crippen molar-refractivity contribution in [3.05, 3.63) is 57.6 Å². The molecule has 2 nitrogen and oxygen atoms in total. The normalized spacial score (nSPS) is 10.5. The Morgan fingerprint density at radius 3 is 2.67 bits per heavy atom. The van der Waals surface area contributed by atoms with Crippen LogP contribution in [0.4, 0.5) is 0 Å². The second-order valence-electron chi connectivity index (χ2n) is 4.87. The third-order valence-corrected chi connectivity index (χ3v) is 4.66. The van der Waals surface area contributed by atoms with Crippen LogP contribution in [0.3, 0.4) is 0 Å². The molecule has 0 amide bonds. The van der Waals surface area contributed by atoms with Crippen molar-refractivity contribution in [2.24, 2.45) is 0 Å². The van der Waals surface area contributed by atoms with E-state index in [4.69, 9.17) is 4.74 Å². The molecule has 0 bridgehead atoms. The quantitative estimate of drug-likeness (QED) is 0.690. The van der Waals surface area contributed by atoms with Gasteiger partial charge in [0.15, 0.2) is 5.12 Å². The monoisotopic (exact) mass is 364 g/mol. The number of hydrogen-bond acceptors (Lipinski definition) is 3. The Morgan fingerprint density at radius 2 is 2.00 bits per heavy atom. The van der Waals surface area contributed by atoms with Gasteiger partial charge in [0.25, 0.3) is 0 Å². The zero-order valence-corrected chi connectivity index (χ0v) is 14.7. The topological polar surface area (TPSA) is 26.3 Å². The predicted octanol–water partition coefficient (Wildman–Crippen LogP) is 5.28. The van der Waals surface area contributed by atoms with E-state index in [1.165, 1.54) is 17.3 Å². The Morgan fingerprint density at radius 1 is 1.24 bits per heavy atom. The highest BCUT2D eigenvalue weighted by Crippen LogP contribution is 2.31. The molecule has 2 aromatic carbocycles. The van der Waals surface area contributed by atoms with E-state index in [0.29, 0.717) is 6.61 Å². The molecule has 2 aromatic rings. The number of ether oxygens (including phenoxy) is 1. The highest BCUT2D eigenvalue weighted by atomic mass is 79.9. The van der Waals surface area contributed by atoms with Gasteiger partial charge in [0.2, 0.25) is 0 Å². The maximum atomic E-state index is 11.3. The lowest BCUT2D eigenvalue weighted by atomic mass is 10.1. The average Bonchev–Trinajstić information content (AvgIpc) is 2.39. The van der Waals surface area contributed by atoms with Gasteiger partial charge in [0.1, 0.15) is 12.4 Å². The third kappa shape index (κ3) is 4.35. The molecule has 0 aliphatic heterocycles. The van der Waals surface area contributed by atoms with Crippen molar-refractivity contribution in [3.63, 3.8) is 0 Å². The molecule has 0 aliphatic rings. The second-order valence-corrected chi connectivity index (χ2v) is 6.94. The minimum Gasteiger partial charge on any atom is -0.489 e. The standard InChI is InChI=1S/C17H17BrO2S/c1-11-7-8-16(12(2)9-11)20-10-14-15(18)5-4-6-17(14)21-13(3)19/h4-9H,10H2,1-3H3. The van der Waals surface area contributed by atoms with Gasteiger partial charge in [0.05, 0.1) is 0 Å². The third-order valence-electron chi connectivity index (χ3n) is 3.03. The first-order valence-corrected chi connectivity index (χ1v) is 8.24. The van der Waals surface area contributed by atoms with Crippen LogP contribution in [0.25, 0.3) is 0 Å². The van der Waals surface area contributed by atoms with Gasteiger partial charge in [-0.25, -0.2) is 0 Å². The minimum atomic E-state index is 0.0702. The molecule has 0 spiro atoms. The number of carbonyl (C=O) groups is 1. The molecule has 0 saturated carbocycles. The summed E-state index contributed by atoms with van der Waals surface area (Å²) < 4.78 is 6.88. The SMILES string of the molecule is CC(=O)Sc1cccc(Br)c1COc1ccc(C)cc1C. The van der Waals surface area contributed by atoms with E-state index in [-0.39, 0.29) is 5.12 Å². The summed E-state index contributed by atoms with van der Waals surface area (Å²) in [5.74, 6) is 0.870. The summed E-state index contributed by atoms with van der Waals surface area (Å²) in [6.45, 7) is 6.10. The number of aryl methyl sites for hydroxylation is 2. The Bertz CT molecular complexity index is 668. The molecule has 2 rings (SSSR count). The fourth-order valence-corrected chi connectivity index (χ4v) is 3.40. The van der Waals surface area contributed by atoms with Gasteiger partial charge >= 0.3 is 0 Å². The van der Waals surface area contributed by atoms with E-state index < -0.39 is 0 Å². The van der Waals surface area contributed by atoms with Crippen molar-refractivity contribution in [1.29, 1.82) is 0 Å². The first-order valence-electron chi connectivity index (χ1n) is 6.63. The average molecular weight is 365 g/mol. The van der Waals surface area contributed by atoms with Gasteiger partial charge in [-0.1, -0.05) is 51.5 Å². The van der Waals surface area contributed by atoms with Crippen LogP contribution in [0.1, 0.15) is 23.6 Å². The maximum absolute atomic E-state index is 11.3. The summed E-state index contributed by atoms with van der Waals surface area (Å²) in [6, 6.07) is 12.0. The first-order chi connectivity index (χ1) is 9.97. The minimum absolute atomic E-state index is 0.0702. The van der Waals surface area contributed by atoms with Gasteiger partial charge in [-0.05, 0) is 37.6 Å². The van der Waals surface area contributed by atoms with Gasteiger partial charge in [0, 0.05) is 21.9 Å². The lowest BCUT2D eigenvalue weighted by Gasteiger charge is -2.13. The Hall–Kier alpha value is -1.26. The maximum Gasteiger partial charge on any atom is 0.190 e. The molecule has 0 radical (unpaired) electrons. The van der Waals surface area contributed by atoms with Crippen molar-refractivity contribution < 1.29 is 9.53 Å². The van der Waals surface area contributed by atoms with Crippen LogP contribution in [0.2, 0.25) is 0 Å². The number of carbonyl (C=O) groups excluding carboxylic acids is 1. The van der Waals surface area contributed by atoms with Crippen LogP contribution in [0, 0.1) is 13.8 Å². The molecule has 0 aromatic heterocycles. The molecule has 21 heavy (non-hydrogen) atoms. The van der Waals surface area contributed by atoms with E-state index in [1.807, 2.05) is 37.3 Å². The highest BCUT2D eigenvalue weighted by Gasteiger charge is 2.11. The fourth-order valence-electron chi connectivity index (χ4n) is 2.04. The molecule has 0 N–H and O–H groups in total. The van der Waals surface area contributed by atoms with Gasteiger partial charge in [-0.3, -0.25) is 4.79 Å². The van der Waals surface area contributed by atoms with E-state index in [9.17, 15) is 4.79 Å². The Kier molecular flexibility index (Phi) is 5.48. The molecule has 0 aliphatic carbocycles. The van der Waals surface area contributed by atoms with Crippen LogP contribution >= 0.6 is 27.7 Å². The second kappa shape index (κ2) is 7.14. The lowest BCUT2D eigenvalue weighted by molar-refractivity contribution is -0.109. The largest absolute Gasteiger partial charge is 0.489 e. The molecule has 4 heteroatoms. The molecule has 110 valence electrons. The number of hydrogen-bond donors (Lipinski definition) is 0. The molecule has 0 atom stereocenters. The van der Waals surface area contributed by atoms with E-state index in [1.54, 1.807) is 6.92 Å². The van der Waals surface area contributed by atoms with Crippen LogP contribution in [0.5, 0.6) is 5.75 Å². The zero-order chi connectivity index (χ0) is 15.4. The molecule has 0 fully saturated rings. The number of benzene rings is 2. The first kappa shape index (κ1) is 16.1. The van der Waals surface area contributed by atoms with Crippen molar-refractivity contribution in [3.8, 4) is 5.75 Å². The molecule has 0 unspecified atom stereocenters. The summed E-state index contributed by atoms with van der Waals surface area (Å²) in [5, 5.41) is 0.0702. The van der Waals surface area contributed by atoms with E-state index in [0.717, 1.165) is 26.2 Å². The van der Waals surface area contributed by atoms with Crippen LogP contribution in [-0.2, 0) is 11.4 Å². The smallest absolute Gasteiger partial charge is 0.190 e. The molecular weight excluding hydrogens is 348 g/mol. The summed E-state index contributed by atoms with van der Waals surface area (Å²) in [5.41, 5.74) is 3.33. The molecule has 0 saturated heterocycles. The van der Waals surface area contributed by atoms with Crippen LogP contribution < -0.4 is 4.74 Å². The van der Waals surface area contributed by atoms with Crippen LogP contribution in [-0.4, -0.2) is 5.12 Å². The molecular formula is C17H17BrO2S. The lowest BCUT2D eigenvalue weighted by Crippen LogP contribution is -2.01. The number of rotatable bonds is 4. The summed E-state index contributed by atoms with van der Waals surface area (Å²) in [7, 11) is 0. The summed E-state index contributed by atoms with van der Waals surface area (Å²) >= 11 is 4.77. The molecule has 0 heterocycles. The van der Waals surface area contributed by atoms with E-state index >= 15 is 0 Å². The van der Waals surface area contributed by atoms with Gasteiger partial charge in [-0.2, -0.15) is 0 Å². The number of halogens is 1. The van der Waals surface area contributed by atoms with Crippen molar-refractivity contribution in [2.75, 3.05) is 0 Å². The Balaban J connectivity index is 2.21. The van der Waals surface area contributed by atoms with Gasteiger partial charge in [-0.15, -0.1) is 0 Å². The predicted molar refractivity (Wildman–Crippen MR) is 90.9 cm³/mol. The number of thioether (sulfide) groups is 1. The summed E-state index contributed by atoms with van der Waals surface area (Å²) in [6.07, 6.45) is 0. The van der Waals surface area contributed by atoms with Crippen molar-refractivity contribution in [1.82, 2.24) is 0 Å². The zero-order valence-electron chi connectivity index (χ0n) is 12.3. The van der Waals surface area contributed by atoms with Crippen molar-refractivity contribution >= 4 is 32.8 Å². The van der Waals surface area contributed by atoms with Crippen LogP contribution in [0.15, 0.2) is 45.8 Å². The highest BCUT2D eigenvalue weighted by molar-refractivity contribution is 9.10. The van der Waals surface area contributed by atoms with Crippen molar-refractivity contribution in [2.45, 2.75) is 32.3 Å². The fraction of sp³-hybridized carbons (Fsp3) is 0.235. The van der Waals surface area contributed by atoms with E-state index in [2.05, 4.69) is 28.9 Å². The summed E-state index contributed by atoms with van der Waals surface area (Å²) in [4.78, 5) is 12.3. The van der Waals surface area contributed by atoms with Gasteiger partial charge < -0.3 is 4.74 Å².